The van der Waals surface area contributed by atoms with Crippen molar-refractivity contribution in [2.75, 3.05) is 18.4 Å². The van der Waals surface area contributed by atoms with E-state index in [4.69, 9.17) is 0 Å². The van der Waals surface area contributed by atoms with E-state index in [1.54, 1.807) is 40.4 Å². The molecule has 1 aromatic carbocycles. The fourth-order valence-corrected chi connectivity index (χ4v) is 5.43. The molecule has 0 radical (unpaired) electrons. The van der Waals surface area contributed by atoms with Crippen LogP contribution in [0.5, 0.6) is 0 Å². The second-order valence-corrected chi connectivity index (χ2v) is 9.52. The maximum atomic E-state index is 12.7. The molecule has 1 fully saturated rings. The van der Waals surface area contributed by atoms with Crippen LogP contribution in [0, 0.1) is 0 Å². The van der Waals surface area contributed by atoms with Gasteiger partial charge in [0.25, 0.3) is 5.91 Å². The summed E-state index contributed by atoms with van der Waals surface area (Å²) in [4.78, 5) is 14.0. The summed E-state index contributed by atoms with van der Waals surface area (Å²) in [5, 5.41) is 9.07. The molecule has 0 atom stereocenters. The van der Waals surface area contributed by atoms with Crippen LogP contribution in [0.1, 0.15) is 28.1 Å². The van der Waals surface area contributed by atoms with E-state index in [0.29, 0.717) is 31.0 Å². The van der Waals surface area contributed by atoms with E-state index < -0.39 is 10.0 Å². The number of rotatable bonds is 6. The predicted molar refractivity (Wildman–Crippen MR) is 108 cm³/mol. The maximum absolute atomic E-state index is 12.7. The Morgan fingerprint density at radius 2 is 1.96 bits per heavy atom. The van der Waals surface area contributed by atoms with Crippen LogP contribution in [0.4, 0.5) is 5.82 Å². The largest absolute Gasteiger partial charge is 0.307 e. The van der Waals surface area contributed by atoms with Crippen molar-refractivity contribution >= 4 is 33.1 Å². The van der Waals surface area contributed by atoms with E-state index in [-0.39, 0.29) is 10.8 Å². The van der Waals surface area contributed by atoms with Gasteiger partial charge in [0.15, 0.2) is 0 Å². The van der Waals surface area contributed by atoms with Crippen LogP contribution < -0.4 is 5.32 Å². The lowest BCUT2D eigenvalue weighted by Crippen LogP contribution is -2.28. The molecule has 0 saturated carbocycles. The van der Waals surface area contributed by atoms with Crippen molar-refractivity contribution in [1.29, 1.82) is 0 Å². The van der Waals surface area contributed by atoms with E-state index in [0.717, 1.165) is 17.7 Å². The molecule has 0 bridgehead atoms. The SMILES string of the molecule is O=C(Nc1ccnn1Cc1cccs1)c1cccc(S(=O)(=O)N2CCCC2)c1. The number of hydrogen-bond acceptors (Lipinski definition) is 5. The minimum absolute atomic E-state index is 0.147. The molecular weight excluding hydrogens is 396 g/mol. The number of hydrogen-bond donors (Lipinski definition) is 1. The molecule has 4 rings (SSSR count). The lowest BCUT2D eigenvalue weighted by Gasteiger charge is -2.16. The van der Waals surface area contributed by atoms with Gasteiger partial charge in [0.2, 0.25) is 10.0 Å². The standard InChI is InChI=1S/C19H20N4O3S2/c24-19(21-18-8-9-20-23(18)14-16-6-4-12-27-16)15-5-3-7-17(13-15)28(25,26)22-10-1-2-11-22/h3-9,12-13H,1-2,10-11,14H2,(H,21,24). The van der Waals surface area contributed by atoms with Gasteiger partial charge in [-0.2, -0.15) is 9.40 Å². The number of benzene rings is 1. The van der Waals surface area contributed by atoms with Crippen molar-refractivity contribution in [2.45, 2.75) is 24.3 Å². The van der Waals surface area contributed by atoms with Gasteiger partial charge in [-0.05, 0) is 42.5 Å². The molecule has 1 N–H and O–H groups in total. The number of sulfonamides is 1. The molecule has 1 aliphatic rings. The quantitative estimate of drug-likeness (QED) is 0.669. The highest BCUT2D eigenvalue weighted by Gasteiger charge is 2.27. The number of nitrogens with zero attached hydrogens (tertiary/aromatic N) is 3. The molecular formula is C19H20N4O3S2. The second kappa shape index (κ2) is 7.86. The van der Waals surface area contributed by atoms with Crippen LogP contribution in [-0.4, -0.2) is 41.5 Å². The van der Waals surface area contributed by atoms with Crippen molar-refractivity contribution < 1.29 is 13.2 Å². The van der Waals surface area contributed by atoms with Gasteiger partial charge >= 0.3 is 0 Å². The first-order chi connectivity index (χ1) is 13.5. The molecule has 0 aliphatic carbocycles. The minimum Gasteiger partial charge on any atom is -0.307 e. The van der Waals surface area contributed by atoms with Gasteiger partial charge < -0.3 is 5.32 Å². The molecule has 1 saturated heterocycles. The summed E-state index contributed by atoms with van der Waals surface area (Å²) in [5.74, 6) is 0.192. The van der Waals surface area contributed by atoms with Gasteiger partial charge in [-0.15, -0.1) is 11.3 Å². The summed E-state index contributed by atoms with van der Waals surface area (Å²) in [6.07, 6.45) is 3.36. The fourth-order valence-electron chi connectivity index (χ4n) is 3.18. The van der Waals surface area contributed by atoms with Gasteiger partial charge in [-0.25, -0.2) is 13.1 Å². The molecule has 3 heterocycles. The monoisotopic (exact) mass is 416 g/mol. The zero-order chi connectivity index (χ0) is 19.6. The molecule has 1 amide bonds. The van der Waals surface area contributed by atoms with E-state index in [9.17, 15) is 13.2 Å². The van der Waals surface area contributed by atoms with Crippen molar-refractivity contribution in [1.82, 2.24) is 14.1 Å². The number of thiophene rings is 1. The van der Waals surface area contributed by atoms with Gasteiger partial charge in [-0.1, -0.05) is 12.1 Å². The Bertz CT molecular complexity index is 1070. The molecule has 28 heavy (non-hydrogen) atoms. The number of carbonyl (C=O) groups is 1. The third-order valence-corrected chi connectivity index (χ3v) is 7.40. The Kier molecular flexibility index (Phi) is 5.29. The third kappa shape index (κ3) is 3.87. The Balaban J connectivity index is 1.53. The number of amides is 1. The minimum atomic E-state index is -3.56. The average molecular weight is 417 g/mol. The highest BCUT2D eigenvalue weighted by Crippen LogP contribution is 2.22. The maximum Gasteiger partial charge on any atom is 0.256 e. The third-order valence-electron chi connectivity index (χ3n) is 4.64. The summed E-state index contributed by atoms with van der Waals surface area (Å²) in [6.45, 7) is 1.62. The number of nitrogens with one attached hydrogen (secondary N) is 1. The molecule has 0 unspecified atom stereocenters. The van der Waals surface area contributed by atoms with Crippen molar-refractivity contribution in [3.05, 3.63) is 64.5 Å². The lowest BCUT2D eigenvalue weighted by molar-refractivity contribution is 0.102. The normalized spacial score (nSPS) is 15.0. The van der Waals surface area contributed by atoms with E-state index in [1.165, 1.54) is 16.4 Å². The fraction of sp³-hybridized carbons (Fsp3) is 0.263. The average Bonchev–Trinajstić information content (AvgIpc) is 3.46. The number of aromatic nitrogens is 2. The van der Waals surface area contributed by atoms with Crippen LogP contribution >= 0.6 is 11.3 Å². The smallest absolute Gasteiger partial charge is 0.256 e. The number of anilines is 1. The zero-order valence-corrected chi connectivity index (χ0v) is 16.7. The summed E-state index contributed by atoms with van der Waals surface area (Å²) in [6, 6.07) is 11.9. The molecule has 3 aromatic rings. The van der Waals surface area contributed by atoms with Crippen LogP contribution in [0.25, 0.3) is 0 Å². The molecule has 0 spiro atoms. The van der Waals surface area contributed by atoms with Crippen LogP contribution in [0.2, 0.25) is 0 Å². The van der Waals surface area contributed by atoms with Crippen LogP contribution in [0.3, 0.4) is 0 Å². The molecule has 7 nitrogen and oxygen atoms in total. The Labute approximate surface area is 167 Å². The first kappa shape index (κ1) is 18.9. The van der Waals surface area contributed by atoms with E-state index in [2.05, 4.69) is 10.4 Å². The van der Waals surface area contributed by atoms with Gasteiger partial charge in [-0.3, -0.25) is 4.79 Å². The Hall–Kier alpha value is -2.49. The molecule has 9 heteroatoms. The van der Waals surface area contributed by atoms with Crippen molar-refractivity contribution in [3.8, 4) is 0 Å². The van der Waals surface area contributed by atoms with Gasteiger partial charge in [0.1, 0.15) is 5.82 Å². The van der Waals surface area contributed by atoms with Gasteiger partial charge in [0, 0.05) is 29.6 Å². The second-order valence-electron chi connectivity index (χ2n) is 6.55. The van der Waals surface area contributed by atoms with E-state index in [1.807, 2.05) is 17.5 Å². The lowest BCUT2D eigenvalue weighted by atomic mass is 10.2. The van der Waals surface area contributed by atoms with Crippen molar-refractivity contribution in [3.63, 3.8) is 0 Å². The number of carbonyl (C=O) groups excluding carboxylic acids is 1. The Morgan fingerprint density at radius 1 is 1.14 bits per heavy atom. The van der Waals surface area contributed by atoms with Crippen molar-refractivity contribution in [2.24, 2.45) is 0 Å². The zero-order valence-electron chi connectivity index (χ0n) is 15.1. The highest BCUT2D eigenvalue weighted by atomic mass is 32.2. The highest BCUT2D eigenvalue weighted by molar-refractivity contribution is 7.89. The molecule has 1 aliphatic heterocycles. The first-order valence-electron chi connectivity index (χ1n) is 9.00. The molecule has 2 aromatic heterocycles. The summed E-state index contributed by atoms with van der Waals surface area (Å²) in [7, 11) is -3.56. The van der Waals surface area contributed by atoms with Gasteiger partial charge in [0.05, 0.1) is 17.6 Å². The van der Waals surface area contributed by atoms with E-state index >= 15 is 0 Å². The topological polar surface area (TPSA) is 84.3 Å². The Morgan fingerprint density at radius 3 is 2.71 bits per heavy atom. The van der Waals surface area contributed by atoms with Crippen LogP contribution in [0.15, 0.2) is 58.9 Å². The summed E-state index contributed by atoms with van der Waals surface area (Å²) in [5.41, 5.74) is 0.296. The summed E-state index contributed by atoms with van der Waals surface area (Å²) >= 11 is 1.62. The first-order valence-corrected chi connectivity index (χ1v) is 11.3. The summed E-state index contributed by atoms with van der Waals surface area (Å²) < 4.78 is 28.7. The predicted octanol–water partition coefficient (Wildman–Crippen LogP) is 3.03. The van der Waals surface area contributed by atoms with Crippen LogP contribution in [-0.2, 0) is 16.6 Å². The molecule has 146 valence electrons.